The summed E-state index contributed by atoms with van der Waals surface area (Å²) in [5.41, 5.74) is 0. The van der Waals surface area contributed by atoms with Gasteiger partial charge in [-0.2, -0.15) is 0 Å². The zero-order valence-corrected chi connectivity index (χ0v) is 15.2. The molecule has 0 amide bonds. The Hall–Kier alpha value is -1.09. The van der Waals surface area contributed by atoms with Crippen molar-refractivity contribution in [3.05, 3.63) is 0 Å². The highest BCUT2D eigenvalue weighted by molar-refractivity contribution is 5.67. The third-order valence-electron chi connectivity index (χ3n) is 5.66. The molecule has 5 heteroatoms. The van der Waals surface area contributed by atoms with Crippen molar-refractivity contribution in [1.29, 1.82) is 0 Å². The van der Waals surface area contributed by atoms with E-state index in [9.17, 15) is 15.0 Å². The Kier molecular flexibility index (Phi) is 8.21. The molecule has 2 saturated carbocycles. The number of rotatable bonds is 9. The van der Waals surface area contributed by atoms with Gasteiger partial charge in [0.2, 0.25) is 0 Å². The fraction of sp³-hybridized carbons (Fsp3) is 0.850. The summed E-state index contributed by atoms with van der Waals surface area (Å²) in [4.78, 5) is 10.5. The van der Waals surface area contributed by atoms with Crippen molar-refractivity contribution < 1.29 is 24.9 Å². The van der Waals surface area contributed by atoms with Gasteiger partial charge in [-0.3, -0.25) is 0 Å². The highest BCUT2D eigenvalue weighted by atomic mass is 16.5. The van der Waals surface area contributed by atoms with Crippen LogP contribution in [-0.2, 0) is 9.53 Å². The lowest BCUT2D eigenvalue weighted by atomic mass is 9.90. The van der Waals surface area contributed by atoms with Gasteiger partial charge in [0.05, 0.1) is 6.10 Å². The van der Waals surface area contributed by atoms with Gasteiger partial charge in [-0.05, 0) is 56.3 Å². The number of aliphatic hydroxyl groups is 2. The van der Waals surface area contributed by atoms with Crippen LogP contribution < -0.4 is 0 Å². The van der Waals surface area contributed by atoms with Crippen LogP contribution in [0.1, 0.15) is 58.3 Å². The summed E-state index contributed by atoms with van der Waals surface area (Å²) < 4.78 is 5.14. The third-order valence-corrected chi connectivity index (χ3v) is 5.66. The van der Waals surface area contributed by atoms with Gasteiger partial charge in [0.25, 0.3) is 0 Å². The Bertz CT molecular complexity index is 480. The predicted octanol–water partition coefficient (Wildman–Crippen LogP) is 2.45. The van der Waals surface area contributed by atoms with E-state index >= 15 is 0 Å². The Morgan fingerprint density at radius 2 is 2.08 bits per heavy atom. The Morgan fingerprint density at radius 1 is 1.28 bits per heavy atom. The molecule has 3 N–H and O–H groups in total. The van der Waals surface area contributed by atoms with Crippen LogP contribution in [0.25, 0.3) is 0 Å². The van der Waals surface area contributed by atoms with E-state index in [-0.39, 0.29) is 18.6 Å². The average Bonchev–Trinajstić information content (AvgIpc) is 3.06. The first kappa shape index (κ1) is 20.2. The first-order valence-electron chi connectivity index (χ1n) is 9.68. The number of fused-ring (bicyclic) bond motifs is 1. The van der Waals surface area contributed by atoms with Gasteiger partial charge in [0.15, 0.2) is 0 Å². The first-order chi connectivity index (χ1) is 12.0. The summed E-state index contributed by atoms with van der Waals surface area (Å²) in [7, 11) is 0. The van der Waals surface area contributed by atoms with E-state index in [1.165, 1.54) is 0 Å². The van der Waals surface area contributed by atoms with Crippen molar-refractivity contribution in [3.63, 3.8) is 0 Å². The number of ether oxygens (including phenoxy) is 1. The van der Waals surface area contributed by atoms with Gasteiger partial charge in [0.1, 0.15) is 12.7 Å². The molecule has 2 aliphatic rings. The number of unbranched alkanes of at least 4 members (excludes halogenated alkanes) is 2. The maximum Gasteiger partial charge on any atom is 0.329 e. The summed E-state index contributed by atoms with van der Waals surface area (Å²) in [5, 5.41) is 28.9. The van der Waals surface area contributed by atoms with Crippen molar-refractivity contribution in [2.24, 2.45) is 23.7 Å². The van der Waals surface area contributed by atoms with Gasteiger partial charge >= 0.3 is 5.97 Å². The molecule has 0 saturated heterocycles. The topological polar surface area (TPSA) is 87.0 Å². The maximum atomic E-state index is 10.5. The molecule has 0 radical (unpaired) electrons. The molecule has 0 bridgehead atoms. The molecule has 2 unspecified atom stereocenters. The summed E-state index contributed by atoms with van der Waals surface area (Å²) >= 11 is 0. The maximum absolute atomic E-state index is 10.5. The predicted molar refractivity (Wildman–Crippen MR) is 94.8 cm³/mol. The van der Waals surface area contributed by atoms with Crippen LogP contribution in [0.2, 0.25) is 0 Å². The van der Waals surface area contributed by atoms with Crippen LogP contribution >= 0.6 is 0 Å². The molecule has 0 spiro atoms. The summed E-state index contributed by atoms with van der Waals surface area (Å²) in [6, 6.07) is 0. The smallest absolute Gasteiger partial charge is 0.329 e. The largest absolute Gasteiger partial charge is 0.480 e. The summed E-state index contributed by atoms with van der Waals surface area (Å²) in [6.07, 6.45) is 6.72. The average molecular weight is 352 g/mol. The van der Waals surface area contributed by atoms with Crippen molar-refractivity contribution in [1.82, 2.24) is 0 Å². The molecule has 0 aromatic rings. The van der Waals surface area contributed by atoms with Gasteiger partial charge in [0, 0.05) is 12.5 Å². The second-order valence-electron chi connectivity index (χ2n) is 7.63. The van der Waals surface area contributed by atoms with E-state index in [2.05, 4.69) is 18.8 Å². The molecule has 2 aliphatic carbocycles. The summed E-state index contributed by atoms with van der Waals surface area (Å²) in [5.74, 6) is 6.59. The van der Waals surface area contributed by atoms with E-state index in [4.69, 9.17) is 9.84 Å². The Morgan fingerprint density at radius 3 is 2.80 bits per heavy atom. The normalized spacial score (nSPS) is 32.0. The van der Waals surface area contributed by atoms with Crippen LogP contribution in [0.3, 0.4) is 0 Å². The first-order valence-corrected chi connectivity index (χ1v) is 9.68. The quantitative estimate of drug-likeness (QED) is 0.438. The second kappa shape index (κ2) is 10.2. The zero-order chi connectivity index (χ0) is 18.2. The Balaban J connectivity index is 1.78. The van der Waals surface area contributed by atoms with Crippen molar-refractivity contribution >= 4 is 5.97 Å². The van der Waals surface area contributed by atoms with Crippen LogP contribution in [0.15, 0.2) is 0 Å². The highest BCUT2D eigenvalue weighted by Gasteiger charge is 2.47. The molecular weight excluding hydrogens is 320 g/mol. The molecule has 25 heavy (non-hydrogen) atoms. The third kappa shape index (κ3) is 6.29. The minimum Gasteiger partial charge on any atom is -0.480 e. The van der Waals surface area contributed by atoms with Crippen LogP contribution in [0.4, 0.5) is 0 Å². The second-order valence-corrected chi connectivity index (χ2v) is 7.63. The number of hydrogen-bond donors (Lipinski definition) is 3. The molecule has 2 rings (SSSR count). The minimum atomic E-state index is -0.931. The molecule has 5 nitrogen and oxygen atoms in total. The number of hydrogen-bond acceptors (Lipinski definition) is 4. The van der Waals surface area contributed by atoms with Crippen molar-refractivity contribution in [2.45, 2.75) is 70.5 Å². The molecule has 0 aromatic heterocycles. The van der Waals surface area contributed by atoms with E-state index in [0.717, 1.165) is 44.9 Å². The van der Waals surface area contributed by atoms with Gasteiger partial charge in [-0.15, -0.1) is 0 Å². The lowest BCUT2D eigenvalue weighted by molar-refractivity contribution is -0.142. The van der Waals surface area contributed by atoms with E-state index in [0.29, 0.717) is 30.8 Å². The number of aliphatic carboxylic acids is 1. The van der Waals surface area contributed by atoms with Crippen LogP contribution in [0.5, 0.6) is 0 Å². The molecule has 2 fully saturated rings. The summed E-state index contributed by atoms with van der Waals surface area (Å²) in [6.45, 7) is 2.38. The Labute approximate surface area is 150 Å². The highest BCUT2D eigenvalue weighted by Crippen LogP contribution is 2.50. The van der Waals surface area contributed by atoms with Crippen molar-refractivity contribution in [2.75, 3.05) is 13.2 Å². The molecule has 6 atom stereocenters. The van der Waals surface area contributed by atoms with Gasteiger partial charge in [-0.1, -0.05) is 31.6 Å². The molecule has 0 aromatic carbocycles. The van der Waals surface area contributed by atoms with Gasteiger partial charge < -0.3 is 20.1 Å². The molecular formula is C20H32O5. The number of aliphatic hydroxyl groups excluding tert-OH is 2. The van der Waals surface area contributed by atoms with E-state index in [1.54, 1.807) is 0 Å². The monoisotopic (exact) mass is 352 g/mol. The number of carboxylic acids is 1. The van der Waals surface area contributed by atoms with E-state index in [1.807, 2.05) is 0 Å². The fourth-order valence-electron chi connectivity index (χ4n) is 4.43. The molecule has 0 heterocycles. The SMILES string of the molecule is CCCCCC(O)C#C[C@@H]1[C@@H]2CC(CCOCC(=O)O)C[C@@H]2C[C@H]1O. The lowest BCUT2D eigenvalue weighted by Gasteiger charge is -2.17. The van der Waals surface area contributed by atoms with Crippen molar-refractivity contribution in [3.8, 4) is 11.8 Å². The van der Waals surface area contributed by atoms with Gasteiger partial charge in [-0.25, -0.2) is 4.79 Å². The lowest BCUT2D eigenvalue weighted by Crippen LogP contribution is -2.19. The zero-order valence-electron chi connectivity index (χ0n) is 15.2. The standard InChI is InChI=1S/C20H32O5/c1-2-3-4-5-16(21)6-7-17-18-11-14(8-9-25-13-20(23)24)10-15(18)12-19(17)22/h14-19,21-22H,2-5,8-13H2,1H3,(H,23,24)/t14?,15-,16?,17-,18-,19-/m1/s1. The minimum absolute atomic E-state index is 0.0317. The molecule has 0 aliphatic heterocycles. The number of carboxylic acid groups (broad SMARTS) is 1. The van der Waals surface area contributed by atoms with Crippen LogP contribution in [-0.4, -0.2) is 46.7 Å². The van der Waals surface area contributed by atoms with E-state index < -0.39 is 12.1 Å². The fourth-order valence-corrected chi connectivity index (χ4v) is 4.43. The molecule has 142 valence electrons. The van der Waals surface area contributed by atoms with Crippen LogP contribution in [0, 0.1) is 35.5 Å². The number of carbonyl (C=O) groups is 1.